The van der Waals surface area contributed by atoms with Crippen LogP contribution in [0, 0.1) is 39.9 Å². The highest BCUT2D eigenvalue weighted by Crippen LogP contribution is 2.71. The van der Waals surface area contributed by atoms with E-state index in [0.717, 1.165) is 17.8 Å². The van der Waals surface area contributed by atoms with Gasteiger partial charge in [0.1, 0.15) is 0 Å². The fourth-order valence-corrected chi connectivity index (χ4v) is 8.35. The van der Waals surface area contributed by atoms with Crippen molar-refractivity contribution in [2.45, 2.75) is 91.6 Å². The first-order valence-corrected chi connectivity index (χ1v) is 10.6. The summed E-state index contributed by atoms with van der Waals surface area (Å²) in [6.45, 7) is 14.2. The molecule has 1 nitrogen and oxygen atoms in total. The Morgan fingerprint density at radius 1 is 1.00 bits per heavy atom. The molecule has 136 valence electrons. The van der Waals surface area contributed by atoms with Crippen LogP contribution in [-0.2, 0) is 0 Å². The van der Waals surface area contributed by atoms with Crippen LogP contribution >= 0.6 is 0 Å². The molecule has 24 heavy (non-hydrogen) atoms. The minimum absolute atomic E-state index is 0.129. The molecule has 0 bridgehead atoms. The van der Waals surface area contributed by atoms with Crippen molar-refractivity contribution in [3.05, 3.63) is 12.2 Å². The Morgan fingerprint density at radius 3 is 2.46 bits per heavy atom. The number of aliphatic hydroxyl groups excluding tert-OH is 1. The molecule has 0 aromatic carbocycles. The van der Waals surface area contributed by atoms with Gasteiger partial charge in [-0.2, -0.15) is 0 Å². The van der Waals surface area contributed by atoms with Crippen molar-refractivity contribution in [2.24, 2.45) is 39.9 Å². The third kappa shape index (κ3) is 2.09. The average Bonchev–Trinajstić information content (AvgIpc) is 2.86. The van der Waals surface area contributed by atoms with Crippen LogP contribution in [0.4, 0.5) is 0 Å². The van der Waals surface area contributed by atoms with Crippen LogP contribution < -0.4 is 0 Å². The summed E-state index contributed by atoms with van der Waals surface area (Å²) in [5.74, 6) is 3.17. The monoisotopic (exact) mass is 330 g/mol. The molecule has 0 saturated heterocycles. The maximum atomic E-state index is 10.4. The van der Waals surface area contributed by atoms with Crippen molar-refractivity contribution in [2.75, 3.05) is 0 Å². The van der Waals surface area contributed by atoms with Gasteiger partial charge in [-0.1, -0.05) is 32.9 Å². The van der Waals surface area contributed by atoms with E-state index in [1.165, 1.54) is 63.4 Å². The predicted molar refractivity (Wildman–Crippen MR) is 101 cm³/mol. The third-order valence-electron chi connectivity index (χ3n) is 9.97. The minimum atomic E-state index is -0.129. The summed E-state index contributed by atoms with van der Waals surface area (Å²) < 4.78 is 0. The van der Waals surface area contributed by atoms with Crippen LogP contribution in [0.1, 0.15) is 85.5 Å². The second-order valence-electron chi connectivity index (χ2n) is 10.8. The first-order valence-electron chi connectivity index (χ1n) is 10.6. The number of allylic oxidation sites excluding steroid dienone is 1. The molecular formula is C23H38O. The fourth-order valence-electron chi connectivity index (χ4n) is 8.35. The summed E-state index contributed by atoms with van der Waals surface area (Å²) in [5, 5.41) is 10.4. The van der Waals surface area contributed by atoms with E-state index in [1.807, 2.05) is 6.92 Å². The summed E-state index contributed by atoms with van der Waals surface area (Å²) >= 11 is 0. The van der Waals surface area contributed by atoms with Gasteiger partial charge in [0.2, 0.25) is 0 Å². The Labute approximate surface area is 149 Å². The second kappa shape index (κ2) is 5.35. The molecule has 0 spiro atoms. The molecule has 4 aliphatic carbocycles. The van der Waals surface area contributed by atoms with Gasteiger partial charge in [0.05, 0.1) is 6.10 Å². The van der Waals surface area contributed by atoms with Crippen LogP contribution in [0.5, 0.6) is 0 Å². The summed E-state index contributed by atoms with van der Waals surface area (Å²) in [4.78, 5) is 0. The van der Waals surface area contributed by atoms with Gasteiger partial charge in [0.15, 0.2) is 0 Å². The molecule has 8 atom stereocenters. The zero-order valence-corrected chi connectivity index (χ0v) is 16.4. The molecule has 0 aliphatic heterocycles. The quantitative estimate of drug-likeness (QED) is 0.587. The standard InChI is InChI=1S/C23H38O/c1-15-8-11-21(3)12-9-17-19-7-6-18(16(2)24)22(19,4)13-10-20(17)23(21,5)14-15/h16-20,24H,1,6-14H2,2-5H3/t16-,17-,18-,19+,20-,21-,22-,23-/m1/s1. The number of rotatable bonds is 1. The van der Waals surface area contributed by atoms with Gasteiger partial charge in [0.25, 0.3) is 0 Å². The number of aliphatic hydroxyl groups is 1. The maximum absolute atomic E-state index is 10.4. The Morgan fingerprint density at radius 2 is 1.75 bits per heavy atom. The van der Waals surface area contributed by atoms with Crippen molar-refractivity contribution in [1.82, 2.24) is 0 Å². The van der Waals surface area contributed by atoms with Gasteiger partial charge < -0.3 is 5.11 Å². The molecule has 1 N–H and O–H groups in total. The normalized spacial score (nSPS) is 55.5. The summed E-state index contributed by atoms with van der Waals surface area (Å²) in [7, 11) is 0. The largest absolute Gasteiger partial charge is 0.393 e. The number of hydrogen-bond acceptors (Lipinski definition) is 1. The molecule has 4 saturated carbocycles. The molecule has 0 heterocycles. The molecule has 0 aromatic heterocycles. The van der Waals surface area contributed by atoms with Gasteiger partial charge in [0, 0.05) is 0 Å². The van der Waals surface area contributed by atoms with E-state index in [-0.39, 0.29) is 6.10 Å². The van der Waals surface area contributed by atoms with Gasteiger partial charge in [-0.05, 0) is 105 Å². The first-order chi connectivity index (χ1) is 11.2. The number of fused-ring (bicyclic) bond motifs is 5. The Kier molecular flexibility index (Phi) is 3.82. The summed E-state index contributed by atoms with van der Waals surface area (Å²) in [6, 6.07) is 0. The van der Waals surface area contributed by atoms with Crippen LogP contribution in [-0.4, -0.2) is 11.2 Å². The summed E-state index contributed by atoms with van der Waals surface area (Å²) in [5.41, 5.74) is 2.91. The molecule has 4 rings (SSSR count). The van der Waals surface area contributed by atoms with Crippen LogP contribution in [0.2, 0.25) is 0 Å². The lowest BCUT2D eigenvalue weighted by Gasteiger charge is -2.65. The topological polar surface area (TPSA) is 20.2 Å². The summed E-state index contributed by atoms with van der Waals surface area (Å²) in [6.07, 6.45) is 12.0. The van der Waals surface area contributed by atoms with Crippen LogP contribution in [0.25, 0.3) is 0 Å². The molecule has 0 aromatic rings. The molecule has 1 heteroatoms. The molecule has 4 aliphatic rings. The van der Waals surface area contributed by atoms with E-state index in [0.29, 0.717) is 22.2 Å². The smallest absolute Gasteiger partial charge is 0.0545 e. The predicted octanol–water partition coefficient (Wildman–Crippen LogP) is 5.97. The maximum Gasteiger partial charge on any atom is 0.0545 e. The zero-order chi connectivity index (χ0) is 17.3. The van der Waals surface area contributed by atoms with E-state index >= 15 is 0 Å². The lowest BCUT2D eigenvalue weighted by molar-refractivity contribution is -0.148. The van der Waals surface area contributed by atoms with Crippen molar-refractivity contribution in [3.8, 4) is 0 Å². The zero-order valence-electron chi connectivity index (χ0n) is 16.4. The van der Waals surface area contributed by atoms with Crippen molar-refractivity contribution in [1.29, 1.82) is 0 Å². The SMILES string of the molecule is C=C1CC[C@]2(C)CC[C@H]3[C@@H](CC[C@]4(C)[C@@H]([C@@H](C)O)CC[C@@H]34)[C@@]2(C)C1. The molecule has 0 unspecified atom stereocenters. The van der Waals surface area contributed by atoms with Crippen LogP contribution in [0.15, 0.2) is 12.2 Å². The second-order valence-corrected chi connectivity index (χ2v) is 10.8. The molecular weight excluding hydrogens is 292 g/mol. The third-order valence-corrected chi connectivity index (χ3v) is 9.97. The van der Waals surface area contributed by atoms with Gasteiger partial charge >= 0.3 is 0 Å². The highest BCUT2D eigenvalue weighted by Gasteiger charge is 2.63. The average molecular weight is 331 g/mol. The van der Waals surface area contributed by atoms with E-state index in [9.17, 15) is 5.11 Å². The van der Waals surface area contributed by atoms with E-state index in [1.54, 1.807) is 0 Å². The molecule has 0 radical (unpaired) electrons. The lowest BCUT2D eigenvalue weighted by atomic mass is 9.40. The van der Waals surface area contributed by atoms with Crippen molar-refractivity contribution < 1.29 is 5.11 Å². The Balaban J connectivity index is 1.67. The Hall–Kier alpha value is -0.300. The fraction of sp³-hybridized carbons (Fsp3) is 0.913. The minimum Gasteiger partial charge on any atom is -0.393 e. The molecule has 0 amide bonds. The van der Waals surface area contributed by atoms with Gasteiger partial charge in [-0.15, -0.1) is 0 Å². The Bertz CT molecular complexity index is 536. The van der Waals surface area contributed by atoms with Crippen molar-refractivity contribution >= 4 is 0 Å². The van der Waals surface area contributed by atoms with Crippen molar-refractivity contribution in [3.63, 3.8) is 0 Å². The van der Waals surface area contributed by atoms with Crippen LogP contribution in [0.3, 0.4) is 0 Å². The first kappa shape index (κ1) is 17.1. The highest BCUT2D eigenvalue weighted by molar-refractivity contribution is 5.17. The highest BCUT2D eigenvalue weighted by atomic mass is 16.3. The molecule has 4 fully saturated rings. The van der Waals surface area contributed by atoms with E-state index in [2.05, 4.69) is 27.4 Å². The van der Waals surface area contributed by atoms with E-state index < -0.39 is 0 Å². The van der Waals surface area contributed by atoms with Gasteiger partial charge in [-0.3, -0.25) is 0 Å². The van der Waals surface area contributed by atoms with E-state index in [4.69, 9.17) is 0 Å². The number of hydrogen-bond donors (Lipinski definition) is 1. The van der Waals surface area contributed by atoms with Gasteiger partial charge in [-0.25, -0.2) is 0 Å². The lowest BCUT2D eigenvalue weighted by Crippen LogP contribution is -2.57.